The van der Waals surface area contributed by atoms with Crippen LogP contribution in [0.5, 0.6) is 0 Å². The number of rotatable bonds is 7. The smallest absolute Gasteiger partial charge is 0.303 e. The number of piperidine rings is 1. The second kappa shape index (κ2) is 8.08. The van der Waals surface area contributed by atoms with E-state index in [0.29, 0.717) is 12.8 Å². The van der Waals surface area contributed by atoms with Crippen LogP contribution in [-0.4, -0.2) is 48.1 Å². The highest BCUT2D eigenvalue weighted by Gasteiger charge is 2.26. The maximum Gasteiger partial charge on any atom is 0.303 e. The van der Waals surface area contributed by atoms with Gasteiger partial charge in [0.05, 0.1) is 0 Å². The van der Waals surface area contributed by atoms with Gasteiger partial charge >= 0.3 is 5.97 Å². The molecule has 1 heterocycles. The number of amides is 1. The zero-order chi connectivity index (χ0) is 13.4. The Morgan fingerprint density at radius 2 is 2.11 bits per heavy atom. The van der Waals surface area contributed by atoms with E-state index >= 15 is 0 Å². The van der Waals surface area contributed by atoms with Crippen LogP contribution >= 0.6 is 0 Å². The van der Waals surface area contributed by atoms with E-state index in [1.165, 1.54) is 0 Å². The van der Waals surface area contributed by atoms with Crippen molar-refractivity contribution in [1.82, 2.24) is 10.2 Å². The lowest BCUT2D eigenvalue weighted by molar-refractivity contribution is -0.140. The maximum absolute atomic E-state index is 12.1. The molecule has 0 aromatic heterocycles. The highest BCUT2D eigenvalue weighted by Crippen LogP contribution is 2.21. The molecule has 0 saturated carbocycles. The van der Waals surface area contributed by atoms with Crippen molar-refractivity contribution in [3.05, 3.63) is 0 Å². The van der Waals surface area contributed by atoms with Crippen LogP contribution < -0.4 is 5.32 Å². The van der Waals surface area contributed by atoms with Gasteiger partial charge in [-0.15, -0.1) is 0 Å². The number of nitrogens with one attached hydrogen (secondary N) is 1. The average Bonchev–Trinajstić information content (AvgIpc) is 2.37. The quantitative estimate of drug-likeness (QED) is 0.672. The minimum Gasteiger partial charge on any atom is -0.481 e. The summed E-state index contributed by atoms with van der Waals surface area (Å²) in [6.07, 6.45) is 5.25. The fourth-order valence-electron chi connectivity index (χ4n) is 2.48. The summed E-state index contributed by atoms with van der Waals surface area (Å²) < 4.78 is 0. The molecular formula is C13H24N2O3. The van der Waals surface area contributed by atoms with Crippen molar-refractivity contribution in [2.24, 2.45) is 0 Å². The SMILES string of the molecule is CNCCCC(=O)N1CCCCC1CCC(=O)O. The molecule has 0 aromatic carbocycles. The number of carboxylic acid groups (broad SMARTS) is 1. The molecule has 0 aliphatic carbocycles. The van der Waals surface area contributed by atoms with Crippen LogP contribution in [0.1, 0.15) is 44.9 Å². The average molecular weight is 256 g/mol. The molecule has 2 N–H and O–H groups in total. The van der Waals surface area contributed by atoms with Gasteiger partial charge in [0.2, 0.25) is 5.91 Å². The summed E-state index contributed by atoms with van der Waals surface area (Å²) in [5.41, 5.74) is 0. The topological polar surface area (TPSA) is 69.6 Å². The molecule has 0 radical (unpaired) electrons. The molecular weight excluding hydrogens is 232 g/mol. The van der Waals surface area contributed by atoms with Crippen LogP contribution in [0, 0.1) is 0 Å². The van der Waals surface area contributed by atoms with Crippen molar-refractivity contribution in [3.8, 4) is 0 Å². The van der Waals surface area contributed by atoms with E-state index in [2.05, 4.69) is 5.32 Å². The first-order chi connectivity index (χ1) is 8.65. The summed E-state index contributed by atoms with van der Waals surface area (Å²) in [6.45, 7) is 1.64. The number of aliphatic carboxylic acids is 1. The standard InChI is InChI=1S/C13H24N2O3/c1-14-9-4-6-12(16)15-10-3-2-5-11(15)7-8-13(17)18/h11,14H,2-10H2,1H3,(H,17,18). The van der Waals surface area contributed by atoms with Gasteiger partial charge in [0, 0.05) is 25.4 Å². The van der Waals surface area contributed by atoms with Crippen LogP contribution in [0.4, 0.5) is 0 Å². The Bertz CT molecular complexity index is 281. The number of hydrogen-bond acceptors (Lipinski definition) is 3. The van der Waals surface area contributed by atoms with Gasteiger partial charge in [0.15, 0.2) is 0 Å². The van der Waals surface area contributed by atoms with E-state index in [1.54, 1.807) is 0 Å². The molecule has 104 valence electrons. The van der Waals surface area contributed by atoms with Gasteiger partial charge in [-0.05, 0) is 45.7 Å². The van der Waals surface area contributed by atoms with Gasteiger partial charge in [0.1, 0.15) is 0 Å². The Kier molecular flexibility index (Phi) is 6.72. The molecule has 5 heteroatoms. The van der Waals surface area contributed by atoms with Crippen molar-refractivity contribution in [1.29, 1.82) is 0 Å². The van der Waals surface area contributed by atoms with Gasteiger partial charge in [-0.25, -0.2) is 0 Å². The van der Waals surface area contributed by atoms with Crippen LogP contribution in [0.25, 0.3) is 0 Å². The van der Waals surface area contributed by atoms with Gasteiger partial charge < -0.3 is 15.3 Å². The summed E-state index contributed by atoms with van der Waals surface area (Å²) in [7, 11) is 1.88. The molecule has 18 heavy (non-hydrogen) atoms. The molecule has 1 rings (SSSR count). The van der Waals surface area contributed by atoms with Gasteiger partial charge in [0.25, 0.3) is 0 Å². The van der Waals surface area contributed by atoms with Crippen molar-refractivity contribution in [3.63, 3.8) is 0 Å². The normalized spacial score (nSPS) is 19.8. The fourth-order valence-corrected chi connectivity index (χ4v) is 2.48. The molecule has 1 unspecified atom stereocenters. The lowest BCUT2D eigenvalue weighted by Crippen LogP contribution is -2.44. The van der Waals surface area contributed by atoms with Gasteiger partial charge in [-0.3, -0.25) is 9.59 Å². The first-order valence-corrected chi connectivity index (χ1v) is 6.81. The third kappa shape index (κ3) is 5.04. The molecule has 0 spiro atoms. The van der Waals surface area contributed by atoms with Gasteiger partial charge in [-0.2, -0.15) is 0 Å². The number of carbonyl (C=O) groups is 2. The van der Waals surface area contributed by atoms with Crippen LogP contribution in [0.3, 0.4) is 0 Å². The second-order valence-electron chi connectivity index (χ2n) is 4.88. The minimum atomic E-state index is -0.775. The maximum atomic E-state index is 12.1. The molecule has 1 aliphatic rings. The fraction of sp³-hybridized carbons (Fsp3) is 0.846. The summed E-state index contributed by atoms with van der Waals surface area (Å²) in [4.78, 5) is 24.6. The molecule has 0 aromatic rings. The predicted molar refractivity (Wildman–Crippen MR) is 69.4 cm³/mol. The van der Waals surface area contributed by atoms with E-state index in [1.807, 2.05) is 11.9 Å². The lowest BCUT2D eigenvalue weighted by Gasteiger charge is -2.35. The second-order valence-corrected chi connectivity index (χ2v) is 4.88. The largest absolute Gasteiger partial charge is 0.481 e. The molecule has 1 fully saturated rings. The van der Waals surface area contributed by atoms with Crippen molar-refractivity contribution in [2.45, 2.75) is 51.0 Å². The predicted octanol–water partition coefficient (Wildman–Crippen LogP) is 1.23. The van der Waals surface area contributed by atoms with Crippen LogP contribution in [0.15, 0.2) is 0 Å². The monoisotopic (exact) mass is 256 g/mol. The van der Waals surface area contributed by atoms with Gasteiger partial charge in [-0.1, -0.05) is 0 Å². The van der Waals surface area contributed by atoms with E-state index in [0.717, 1.165) is 38.8 Å². The summed E-state index contributed by atoms with van der Waals surface area (Å²) in [5, 5.41) is 11.8. The Labute approximate surface area is 109 Å². The van der Waals surface area contributed by atoms with Crippen molar-refractivity contribution < 1.29 is 14.7 Å². The first kappa shape index (κ1) is 15.0. The number of likely N-dealkylation sites (tertiary alicyclic amines) is 1. The number of hydrogen-bond donors (Lipinski definition) is 2. The molecule has 1 aliphatic heterocycles. The molecule has 1 saturated heterocycles. The van der Waals surface area contributed by atoms with E-state index in [-0.39, 0.29) is 18.4 Å². The zero-order valence-corrected chi connectivity index (χ0v) is 11.2. The van der Waals surface area contributed by atoms with E-state index in [4.69, 9.17) is 5.11 Å². The third-order valence-electron chi connectivity index (χ3n) is 3.46. The Hall–Kier alpha value is -1.10. The summed E-state index contributed by atoms with van der Waals surface area (Å²) in [6, 6.07) is 0.136. The number of carbonyl (C=O) groups excluding carboxylic acids is 1. The number of nitrogens with zero attached hydrogens (tertiary/aromatic N) is 1. The summed E-state index contributed by atoms with van der Waals surface area (Å²) in [5.74, 6) is -0.594. The molecule has 0 bridgehead atoms. The zero-order valence-electron chi connectivity index (χ0n) is 11.2. The Morgan fingerprint density at radius 1 is 1.33 bits per heavy atom. The summed E-state index contributed by atoms with van der Waals surface area (Å²) >= 11 is 0. The molecule has 5 nitrogen and oxygen atoms in total. The van der Waals surface area contributed by atoms with E-state index in [9.17, 15) is 9.59 Å². The van der Waals surface area contributed by atoms with E-state index < -0.39 is 5.97 Å². The molecule has 1 atom stereocenters. The highest BCUT2D eigenvalue weighted by molar-refractivity contribution is 5.76. The Balaban J connectivity index is 2.42. The first-order valence-electron chi connectivity index (χ1n) is 6.81. The van der Waals surface area contributed by atoms with Crippen LogP contribution in [-0.2, 0) is 9.59 Å². The third-order valence-corrected chi connectivity index (χ3v) is 3.46. The molecule has 1 amide bonds. The number of carboxylic acids is 1. The minimum absolute atomic E-state index is 0.136. The van der Waals surface area contributed by atoms with Crippen molar-refractivity contribution >= 4 is 11.9 Å². The van der Waals surface area contributed by atoms with Crippen LogP contribution in [0.2, 0.25) is 0 Å². The Morgan fingerprint density at radius 3 is 2.78 bits per heavy atom. The lowest BCUT2D eigenvalue weighted by atomic mass is 9.97. The van der Waals surface area contributed by atoms with Crippen molar-refractivity contribution in [2.75, 3.05) is 20.1 Å². The highest BCUT2D eigenvalue weighted by atomic mass is 16.4.